The summed E-state index contributed by atoms with van der Waals surface area (Å²) >= 11 is 3.30. The van der Waals surface area contributed by atoms with E-state index >= 15 is 0 Å². The average Bonchev–Trinajstić information content (AvgIpc) is 2.28. The van der Waals surface area contributed by atoms with Crippen molar-refractivity contribution in [3.8, 4) is 6.07 Å². The van der Waals surface area contributed by atoms with Crippen molar-refractivity contribution in [2.24, 2.45) is 0 Å². The van der Waals surface area contributed by atoms with E-state index in [0.29, 0.717) is 5.56 Å². The fourth-order valence-corrected chi connectivity index (χ4v) is 1.67. The van der Waals surface area contributed by atoms with Gasteiger partial charge >= 0.3 is 0 Å². The Bertz CT molecular complexity index is 439. The van der Waals surface area contributed by atoms with Crippen LogP contribution >= 0.6 is 15.9 Å². The van der Waals surface area contributed by atoms with Gasteiger partial charge in [-0.1, -0.05) is 15.9 Å². The van der Waals surface area contributed by atoms with Gasteiger partial charge in [-0.15, -0.1) is 0 Å². The highest BCUT2D eigenvalue weighted by atomic mass is 79.9. The molecule has 0 spiro atoms. The van der Waals surface area contributed by atoms with Crippen LogP contribution in [0.25, 0.3) is 0 Å². The van der Waals surface area contributed by atoms with Gasteiger partial charge in [0.2, 0.25) is 5.91 Å². The van der Waals surface area contributed by atoms with Gasteiger partial charge in [0.15, 0.2) is 0 Å². The molecule has 16 heavy (non-hydrogen) atoms. The zero-order valence-electron chi connectivity index (χ0n) is 9.12. The quantitative estimate of drug-likeness (QED) is 0.914. The van der Waals surface area contributed by atoms with E-state index in [4.69, 9.17) is 5.26 Å². The normalized spacial score (nSPS) is 9.38. The highest BCUT2D eigenvalue weighted by molar-refractivity contribution is 9.10. The SMILES string of the molecule is CNC(=O)CN(C)c1ccc(Br)cc1C#N. The maximum absolute atomic E-state index is 11.2. The van der Waals surface area contributed by atoms with Crippen molar-refractivity contribution in [1.29, 1.82) is 5.26 Å². The molecule has 0 atom stereocenters. The van der Waals surface area contributed by atoms with Gasteiger partial charge in [-0.25, -0.2) is 0 Å². The predicted octanol–water partition coefficient (Wildman–Crippen LogP) is 1.50. The van der Waals surface area contributed by atoms with Gasteiger partial charge in [-0.05, 0) is 18.2 Å². The molecule has 0 aliphatic heterocycles. The first-order chi connectivity index (χ1) is 7.58. The molecule has 1 N–H and O–H groups in total. The van der Waals surface area contributed by atoms with E-state index in [0.717, 1.165) is 10.2 Å². The lowest BCUT2D eigenvalue weighted by molar-refractivity contribution is -0.119. The monoisotopic (exact) mass is 281 g/mol. The summed E-state index contributed by atoms with van der Waals surface area (Å²) in [4.78, 5) is 13.0. The number of nitrogens with one attached hydrogen (secondary N) is 1. The number of halogens is 1. The zero-order chi connectivity index (χ0) is 12.1. The first-order valence-corrected chi connectivity index (χ1v) is 5.49. The van der Waals surface area contributed by atoms with Crippen molar-refractivity contribution >= 4 is 27.5 Å². The Morgan fingerprint density at radius 3 is 2.88 bits per heavy atom. The third-order valence-electron chi connectivity index (χ3n) is 2.15. The molecule has 4 nitrogen and oxygen atoms in total. The van der Waals surface area contributed by atoms with Gasteiger partial charge in [0.25, 0.3) is 0 Å². The van der Waals surface area contributed by atoms with Gasteiger partial charge in [0.1, 0.15) is 6.07 Å². The second-order valence-electron chi connectivity index (χ2n) is 3.30. The summed E-state index contributed by atoms with van der Waals surface area (Å²) in [6.45, 7) is 0.229. The molecule has 0 aliphatic rings. The summed E-state index contributed by atoms with van der Waals surface area (Å²) in [5.41, 5.74) is 1.29. The first kappa shape index (κ1) is 12.5. The minimum absolute atomic E-state index is 0.0886. The second kappa shape index (κ2) is 5.52. The molecule has 0 radical (unpaired) electrons. The van der Waals surface area contributed by atoms with Crippen molar-refractivity contribution in [1.82, 2.24) is 5.32 Å². The number of rotatable bonds is 3. The van der Waals surface area contributed by atoms with Crippen LogP contribution in [0, 0.1) is 11.3 Å². The number of hydrogen-bond acceptors (Lipinski definition) is 3. The summed E-state index contributed by atoms with van der Waals surface area (Å²) in [5.74, 6) is -0.0886. The predicted molar refractivity (Wildman–Crippen MR) is 66.2 cm³/mol. The molecule has 1 aromatic rings. The molecular weight excluding hydrogens is 270 g/mol. The molecule has 5 heteroatoms. The standard InChI is InChI=1S/C11H12BrN3O/c1-14-11(16)7-15(2)10-4-3-9(12)5-8(10)6-13/h3-5H,7H2,1-2H3,(H,14,16). The van der Waals surface area contributed by atoms with Gasteiger partial charge < -0.3 is 10.2 Å². The van der Waals surface area contributed by atoms with E-state index in [9.17, 15) is 4.79 Å². The molecular formula is C11H12BrN3O. The van der Waals surface area contributed by atoms with Crippen LogP contribution in [0.2, 0.25) is 0 Å². The average molecular weight is 282 g/mol. The Balaban J connectivity index is 2.95. The minimum Gasteiger partial charge on any atom is -0.364 e. The Morgan fingerprint density at radius 1 is 1.62 bits per heavy atom. The molecule has 0 aliphatic carbocycles. The van der Waals surface area contributed by atoms with Crippen LogP contribution in [0.3, 0.4) is 0 Å². The number of hydrogen-bond donors (Lipinski definition) is 1. The van der Waals surface area contributed by atoms with Gasteiger partial charge in [-0.2, -0.15) is 5.26 Å². The molecule has 0 aromatic heterocycles. The lowest BCUT2D eigenvalue weighted by atomic mass is 10.2. The van der Waals surface area contributed by atoms with Crippen LogP contribution in [-0.4, -0.2) is 26.5 Å². The number of carbonyl (C=O) groups excluding carboxylic acids is 1. The highest BCUT2D eigenvalue weighted by Crippen LogP contribution is 2.22. The fourth-order valence-electron chi connectivity index (χ4n) is 1.31. The van der Waals surface area contributed by atoms with Gasteiger partial charge in [0, 0.05) is 18.6 Å². The Kier molecular flexibility index (Phi) is 4.32. The number of carbonyl (C=O) groups is 1. The summed E-state index contributed by atoms with van der Waals surface area (Å²) in [5, 5.41) is 11.5. The van der Waals surface area contributed by atoms with E-state index in [1.807, 2.05) is 12.1 Å². The smallest absolute Gasteiger partial charge is 0.239 e. The number of nitrogens with zero attached hydrogens (tertiary/aromatic N) is 2. The zero-order valence-corrected chi connectivity index (χ0v) is 10.7. The van der Waals surface area contributed by atoms with Crippen molar-refractivity contribution < 1.29 is 4.79 Å². The van der Waals surface area contributed by atoms with Crippen LogP contribution in [0.15, 0.2) is 22.7 Å². The molecule has 0 heterocycles. The van der Waals surface area contributed by atoms with Crippen LogP contribution < -0.4 is 10.2 Å². The first-order valence-electron chi connectivity index (χ1n) is 4.70. The van der Waals surface area contributed by atoms with Gasteiger partial charge in [-0.3, -0.25) is 4.79 Å². The Labute approximate surface area is 103 Å². The van der Waals surface area contributed by atoms with E-state index in [1.165, 1.54) is 0 Å². The summed E-state index contributed by atoms with van der Waals surface area (Å²) in [6.07, 6.45) is 0. The molecule has 0 bridgehead atoms. The van der Waals surface area contributed by atoms with Crippen LogP contribution in [0.4, 0.5) is 5.69 Å². The third-order valence-corrected chi connectivity index (χ3v) is 2.64. The fraction of sp³-hybridized carbons (Fsp3) is 0.273. The molecule has 1 aromatic carbocycles. The van der Waals surface area contributed by atoms with Crippen molar-refractivity contribution in [2.45, 2.75) is 0 Å². The van der Waals surface area contributed by atoms with E-state index in [-0.39, 0.29) is 12.5 Å². The molecule has 0 saturated heterocycles. The maximum atomic E-state index is 11.2. The molecule has 1 rings (SSSR count). The van der Waals surface area contributed by atoms with Crippen LogP contribution in [-0.2, 0) is 4.79 Å². The molecule has 84 valence electrons. The molecule has 0 fully saturated rings. The van der Waals surface area contributed by atoms with Crippen molar-refractivity contribution in [2.75, 3.05) is 25.5 Å². The topological polar surface area (TPSA) is 56.1 Å². The minimum atomic E-state index is -0.0886. The van der Waals surface area contributed by atoms with E-state index < -0.39 is 0 Å². The number of nitriles is 1. The number of benzene rings is 1. The molecule has 0 unspecified atom stereocenters. The lowest BCUT2D eigenvalue weighted by Gasteiger charge is -2.19. The largest absolute Gasteiger partial charge is 0.364 e. The highest BCUT2D eigenvalue weighted by Gasteiger charge is 2.10. The number of amides is 1. The second-order valence-corrected chi connectivity index (χ2v) is 4.22. The summed E-state index contributed by atoms with van der Waals surface area (Å²) in [6, 6.07) is 7.49. The van der Waals surface area contributed by atoms with Crippen molar-refractivity contribution in [3.63, 3.8) is 0 Å². The number of anilines is 1. The summed E-state index contributed by atoms with van der Waals surface area (Å²) in [7, 11) is 3.36. The van der Waals surface area contributed by atoms with Crippen LogP contribution in [0.5, 0.6) is 0 Å². The van der Waals surface area contributed by atoms with E-state index in [1.54, 1.807) is 25.1 Å². The Morgan fingerprint density at radius 2 is 2.31 bits per heavy atom. The van der Waals surface area contributed by atoms with Gasteiger partial charge in [0.05, 0.1) is 17.8 Å². The third kappa shape index (κ3) is 2.97. The molecule has 1 amide bonds. The maximum Gasteiger partial charge on any atom is 0.239 e. The number of likely N-dealkylation sites (N-methyl/N-ethyl adjacent to an activating group) is 2. The Hall–Kier alpha value is -1.54. The van der Waals surface area contributed by atoms with Crippen LogP contribution in [0.1, 0.15) is 5.56 Å². The van der Waals surface area contributed by atoms with E-state index in [2.05, 4.69) is 27.3 Å². The lowest BCUT2D eigenvalue weighted by Crippen LogP contribution is -2.33. The van der Waals surface area contributed by atoms with Crippen molar-refractivity contribution in [3.05, 3.63) is 28.2 Å². The summed E-state index contributed by atoms with van der Waals surface area (Å²) < 4.78 is 0.848. The molecule has 0 saturated carbocycles.